The summed E-state index contributed by atoms with van der Waals surface area (Å²) >= 11 is 0. The third kappa shape index (κ3) is 3.35. The van der Waals surface area contributed by atoms with Crippen molar-refractivity contribution in [2.45, 2.75) is 20.0 Å². The van der Waals surface area contributed by atoms with E-state index in [9.17, 15) is 0 Å². The first kappa shape index (κ1) is 11.0. The normalized spacial score (nSPS) is 12.8. The maximum Gasteiger partial charge on any atom is 0.100 e. The van der Waals surface area contributed by atoms with E-state index in [2.05, 4.69) is 32.6 Å². The molecule has 0 N–H and O–H groups in total. The highest BCUT2D eigenvalue weighted by Gasteiger charge is 2.07. The van der Waals surface area contributed by atoms with Crippen LogP contribution >= 0.6 is 0 Å². The van der Waals surface area contributed by atoms with Crippen LogP contribution in [0.3, 0.4) is 0 Å². The van der Waals surface area contributed by atoms with Crippen molar-refractivity contribution < 1.29 is 4.74 Å². The van der Waals surface area contributed by atoms with E-state index in [4.69, 9.17) is 4.74 Å². The molecule has 1 aromatic rings. The Labute approximate surface area is 86.4 Å². The Bertz CT molecular complexity index is 264. The highest BCUT2D eigenvalue weighted by molar-refractivity contribution is 5.20. The monoisotopic (exact) mass is 190 g/mol. The molecule has 1 unspecified atom stereocenters. The van der Waals surface area contributed by atoms with Gasteiger partial charge in [-0.05, 0) is 11.5 Å². The topological polar surface area (TPSA) is 9.23 Å². The molecule has 0 radical (unpaired) electrons. The molecule has 1 atom stereocenters. The van der Waals surface area contributed by atoms with Gasteiger partial charge in [-0.3, -0.25) is 0 Å². The van der Waals surface area contributed by atoms with Gasteiger partial charge >= 0.3 is 0 Å². The van der Waals surface area contributed by atoms with Crippen molar-refractivity contribution in [2.75, 3.05) is 6.61 Å². The van der Waals surface area contributed by atoms with E-state index in [0.717, 1.165) is 6.61 Å². The van der Waals surface area contributed by atoms with Gasteiger partial charge in [0.1, 0.15) is 6.10 Å². The molecule has 0 fully saturated rings. The van der Waals surface area contributed by atoms with Crippen molar-refractivity contribution in [1.82, 2.24) is 0 Å². The van der Waals surface area contributed by atoms with Crippen LogP contribution in [0.2, 0.25) is 0 Å². The quantitative estimate of drug-likeness (QED) is 0.645. The number of benzene rings is 1. The van der Waals surface area contributed by atoms with E-state index in [-0.39, 0.29) is 6.10 Å². The molecular weight excluding hydrogens is 172 g/mol. The van der Waals surface area contributed by atoms with E-state index < -0.39 is 0 Å². The van der Waals surface area contributed by atoms with Crippen molar-refractivity contribution in [3.8, 4) is 0 Å². The molecule has 1 nitrogen and oxygen atoms in total. The van der Waals surface area contributed by atoms with E-state index in [1.165, 1.54) is 5.56 Å². The molecule has 0 amide bonds. The number of ether oxygens (including phenoxy) is 1. The average Bonchev–Trinajstić information content (AvgIpc) is 2.20. The van der Waals surface area contributed by atoms with Crippen LogP contribution in [0.4, 0.5) is 0 Å². The van der Waals surface area contributed by atoms with Gasteiger partial charge < -0.3 is 4.74 Å². The molecule has 0 heterocycles. The SMILES string of the molecule is C=CC(OCC(C)C)c1ccccc1. The first-order valence-corrected chi connectivity index (χ1v) is 5.03. The van der Waals surface area contributed by atoms with Crippen molar-refractivity contribution in [1.29, 1.82) is 0 Å². The smallest absolute Gasteiger partial charge is 0.100 e. The molecule has 0 aliphatic carbocycles. The molecule has 76 valence electrons. The molecule has 0 aliphatic rings. The Balaban J connectivity index is 2.59. The fraction of sp³-hybridized carbons (Fsp3) is 0.385. The summed E-state index contributed by atoms with van der Waals surface area (Å²) in [5, 5.41) is 0. The Morgan fingerprint density at radius 1 is 1.29 bits per heavy atom. The van der Waals surface area contributed by atoms with Crippen molar-refractivity contribution >= 4 is 0 Å². The van der Waals surface area contributed by atoms with Gasteiger partial charge in [-0.15, -0.1) is 6.58 Å². The molecule has 0 spiro atoms. The highest BCUT2D eigenvalue weighted by atomic mass is 16.5. The molecule has 0 saturated carbocycles. The Hall–Kier alpha value is -1.08. The van der Waals surface area contributed by atoms with Crippen molar-refractivity contribution in [3.63, 3.8) is 0 Å². The molecule has 1 rings (SSSR count). The van der Waals surface area contributed by atoms with E-state index >= 15 is 0 Å². The van der Waals surface area contributed by atoms with Crippen LogP contribution < -0.4 is 0 Å². The van der Waals surface area contributed by atoms with E-state index in [0.29, 0.717) is 5.92 Å². The van der Waals surface area contributed by atoms with Gasteiger partial charge in [0, 0.05) is 0 Å². The second-order valence-corrected chi connectivity index (χ2v) is 3.79. The molecule has 14 heavy (non-hydrogen) atoms. The summed E-state index contributed by atoms with van der Waals surface area (Å²) in [7, 11) is 0. The molecule has 1 heteroatoms. The van der Waals surface area contributed by atoms with Crippen molar-refractivity contribution in [2.24, 2.45) is 5.92 Å². The van der Waals surface area contributed by atoms with Gasteiger partial charge in [0.05, 0.1) is 6.61 Å². The van der Waals surface area contributed by atoms with Crippen molar-refractivity contribution in [3.05, 3.63) is 48.6 Å². The lowest BCUT2D eigenvalue weighted by molar-refractivity contribution is 0.0651. The predicted molar refractivity (Wildman–Crippen MR) is 60.2 cm³/mol. The Morgan fingerprint density at radius 3 is 2.43 bits per heavy atom. The minimum absolute atomic E-state index is 0.0265. The lowest BCUT2D eigenvalue weighted by Gasteiger charge is -2.15. The summed E-state index contributed by atoms with van der Waals surface area (Å²) in [6, 6.07) is 10.2. The lowest BCUT2D eigenvalue weighted by atomic mass is 10.1. The summed E-state index contributed by atoms with van der Waals surface area (Å²) in [5.74, 6) is 0.557. The minimum Gasteiger partial charge on any atom is -0.369 e. The first-order valence-electron chi connectivity index (χ1n) is 5.03. The van der Waals surface area contributed by atoms with Crippen LogP contribution in [-0.2, 0) is 4.74 Å². The molecule has 0 aromatic heterocycles. The molecule has 1 aromatic carbocycles. The third-order valence-corrected chi connectivity index (χ3v) is 1.95. The summed E-state index contributed by atoms with van der Waals surface area (Å²) < 4.78 is 5.72. The molecular formula is C13H18O. The predicted octanol–water partition coefficient (Wildman–Crippen LogP) is 3.59. The number of hydrogen-bond acceptors (Lipinski definition) is 1. The maximum absolute atomic E-state index is 5.72. The zero-order valence-corrected chi connectivity index (χ0v) is 8.94. The zero-order chi connectivity index (χ0) is 10.4. The molecule has 0 saturated heterocycles. The summed E-state index contributed by atoms with van der Waals surface area (Å²) in [6.45, 7) is 8.85. The second-order valence-electron chi connectivity index (χ2n) is 3.79. The van der Waals surface area contributed by atoms with E-state index in [1.54, 1.807) is 0 Å². The highest BCUT2D eigenvalue weighted by Crippen LogP contribution is 2.18. The summed E-state index contributed by atoms with van der Waals surface area (Å²) in [4.78, 5) is 0. The average molecular weight is 190 g/mol. The summed E-state index contributed by atoms with van der Waals surface area (Å²) in [5.41, 5.74) is 1.17. The van der Waals surface area contributed by atoms with Gasteiger partial charge in [-0.2, -0.15) is 0 Å². The summed E-state index contributed by atoms with van der Waals surface area (Å²) in [6.07, 6.45) is 1.87. The largest absolute Gasteiger partial charge is 0.369 e. The first-order chi connectivity index (χ1) is 6.74. The number of rotatable bonds is 5. The zero-order valence-electron chi connectivity index (χ0n) is 8.94. The van der Waals surface area contributed by atoms with Crippen LogP contribution in [0, 0.1) is 5.92 Å². The van der Waals surface area contributed by atoms with Gasteiger partial charge in [-0.25, -0.2) is 0 Å². The van der Waals surface area contributed by atoms with Crippen LogP contribution in [0.15, 0.2) is 43.0 Å². The van der Waals surface area contributed by atoms with Crippen LogP contribution in [0.5, 0.6) is 0 Å². The van der Waals surface area contributed by atoms with Gasteiger partial charge in [0.25, 0.3) is 0 Å². The van der Waals surface area contributed by atoms with E-state index in [1.807, 2.05) is 24.3 Å². The van der Waals surface area contributed by atoms with Gasteiger partial charge in [0.15, 0.2) is 0 Å². The van der Waals surface area contributed by atoms with Crippen LogP contribution in [0.25, 0.3) is 0 Å². The van der Waals surface area contributed by atoms with Crippen LogP contribution in [-0.4, -0.2) is 6.61 Å². The minimum atomic E-state index is 0.0265. The third-order valence-electron chi connectivity index (χ3n) is 1.95. The Kier molecular flexibility index (Phi) is 4.41. The van der Waals surface area contributed by atoms with Gasteiger partial charge in [0.2, 0.25) is 0 Å². The lowest BCUT2D eigenvalue weighted by Crippen LogP contribution is -2.06. The Morgan fingerprint density at radius 2 is 1.93 bits per heavy atom. The number of hydrogen-bond donors (Lipinski definition) is 0. The second kappa shape index (κ2) is 5.61. The fourth-order valence-corrected chi connectivity index (χ4v) is 1.24. The standard InChI is InChI=1S/C13H18O/c1-4-13(14-10-11(2)3)12-8-6-5-7-9-12/h4-9,11,13H,1,10H2,2-3H3. The maximum atomic E-state index is 5.72. The van der Waals surface area contributed by atoms with Crippen LogP contribution in [0.1, 0.15) is 25.5 Å². The van der Waals surface area contributed by atoms with Gasteiger partial charge in [-0.1, -0.05) is 50.3 Å². The molecule has 0 bridgehead atoms. The fourth-order valence-electron chi connectivity index (χ4n) is 1.24. The molecule has 0 aliphatic heterocycles.